The Labute approximate surface area is 188 Å². The molecule has 0 radical (unpaired) electrons. The van der Waals surface area contributed by atoms with Crippen LogP contribution in [-0.2, 0) is 19.6 Å². The highest BCUT2D eigenvalue weighted by Gasteiger charge is 2.18. The first kappa shape index (κ1) is 22.7. The molecule has 172 valence electrons. The molecular weight excluding hydrogens is 433 g/mol. The fourth-order valence-corrected chi connectivity index (χ4v) is 3.64. The number of benzene rings is 2. The van der Waals surface area contributed by atoms with Crippen molar-refractivity contribution >= 4 is 11.0 Å². The maximum atomic E-state index is 13.9. The third-order valence-corrected chi connectivity index (χ3v) is 5.39. The van der Waals surface area contributed by atoms with Gasteiger partial charge in [-0.3, -0.25) is 4.98 Å². The SMILES string of the molecule is Cc1c(COc2ccc(F)c(F)c2F)oc2cccc(OCCCc3ncccc3CN)c12. The summed E-state index contributed by atoms with van der Waals surface area (Å²) in [5.74, 6) is -3.53. The van der Waals surface area contributed by atoms with E-state index in [9.17, 15) is 13.2 Å². The van der Waals surface area contributed by atoms with Gasteiger partial charge in [-0.2, -0.15) is 4.39 Å². The van der Waals surface area contributed by atoms with Crippen LogP contribution < -0.4 is 15.2 Å². The molecule has 0 aliphatic heterocycles. The van der Waals surface area contributed by atoms with Crippen LogP contribution in [0.15, 0.2) is 53.1 Å². The Morgan fingerprint density at radius 3 is 2.64 bits per heavy atom. The van der Waals surface area contributed by atoms with Gasteiger partial charge >= 0.3 is 0 Å². The van der Waals surface area contributed by atoms with Crippen LogP contribution in [-0.4, -0.2) is 11.6 Å². The first-order valence-electron chi connectivity index (χ1n) is 10.5. The van der Waals surface area contributed by atoms with Crippen LogP contribution in [0.5, 0.6) is 11.5 Å². The smallest absolute Gasteiger partial charge is 0.203 e. The number of hydrogen-bond acceptors (Lipinski definition) is 5. The highest BCUT2D eigenvalue weighted by Crippen LogP contribution is 2.34. The molecule has 5 nitrogen and oxygen atoms in total. The molecule has 4 aromatic rings. The number of aryl methyl sites for hydroxylation is 2. The number of ether oxygens (including phenoxy) is 2. The lowest BCUT2D eigenvalue weighted by molar-refractivity contribution is 0.255. The second-order valence-corrected chi connectivity index (χ2v) is 7.51. The minimum Gasteiger partial charge on any atom is -0.493 e. The minimum atomic E-state index is -1.58. The van der Waals surface area contributed by atoms with Gasteiger partial charge in [0.2, 0.25) is 5.82 Å². The third-order valence-electron chi connectivity index (χ3n) is 5.39. The lowest BCUT2D eigenvalue weighted by Crippen LogP contribution is -2.06. The van der Waals surface area contributed by atoms with Crippen LogP contribution in [0.2, 0.25) is 0 Å². The van der Waals surface area contributed by atoms with Gasteiger partial charge in [-0.25, -0.2) is 8.78 Å². The van der Waals surface area contributed by atoms with Gasteiger partial charge in [0.1, 0.15) is 23.7 Å². The van der Waals surface area contributed by atoms with Gasteiger partial charge in [-0.05, 0) is 55.7 Å². The number of hydrogen-bond donors (Lipinski definition) is 1. The van der Waals surface area contributed by atoms with Gasteiger partial charge in [0.05, 0.1) is 12.0 Å². The summed E-state index contributed by atoms with van der Waals surface area (Å²) in [7, 11) is 0. The van der Waals surface area contributed by atoms with E-state index in [4.69, 9.17) is 19.6 Å². The zero-order chi connectivity index (χ0) is 23.4. The number of pyridine rings is 1. The number of rotatable bonds is 9. The maximum Gasteiger partial charge on any atom is 0.203 e. The van der Waals surface area contributed by atoms with E-state index in [1.54, 1.807) is 12.3 Å². The number of furan rings is 1. The summed E-state index contributed by atoms with van der Waals surface area (Å²) in [6.45, 7) is 2.59. The summed E-state index contributed by atoms with van der Waals surface area (Å²) in [4.78, 5) is 4.39. The fourth-order valence-electron chi connectivity index (χ4n) is 3.64. The van der Waals surface area contributed by atoms with Gasteiger partial charge in [0.25, 0.3) is 0 Å². The molecule has 0 fully saturated rings. The molecule has 0 aliphatic rings. The van der Waals surface area contributed by atoms with Crippen molar-refractivity contribution in [3.63, 3.8) is 0 Å². The lowest BCUT2D eigenvalue weighted by Gasteiger charge is -2.09. The summed E-state index contributed by atoms with van der Waals surface area (Å²) < 4.78 is 57.6. The van der Waals surface area contributed by atoms with Crippen molar-refractivity contribution in [2.24, 2.45) is 5.73 Å². The molecule has 2 aromatic carbocycles. The molecule has 33 heavy (non-hydrogen) atoms. The Kier molecular flexibility index (Phi) is 6.84. The van der Waals surface area contributed by atoms with Crippen LogP contribution in [0.25, 0.3) is 11.0 Å². The van der Waals surface area contributed by atoms with Crippen LogP contribution in [0, 0.1) is 24.4 Å². The van der Waals surface area contributed by atoms with Gasteiger partial charge in [-0.15, -0.1) is 0 Å². The highest BCUT2D eigenvalue weighted by atomic mass is 19.2. The Hall–Kier alpha value is -3.52. The van der Waals surface area contributed by atoms with Crippen molar-refractivity contribution in [1.82, 2.24) is 4.98 Å². The van der Waals surface area contributed by atoms with E-state index in [0.717, 1.165) is 47.2 Å². The quantitative estimate of drug-likeness (QED) is 0.262. The molecule has 0 aliphatic carbocycles. The largest absolute Gasteiger partial charge is 0.493 e. The highest BCUT2D eigenvalue weighted by molar-refractivity contribution is 5.88. The standard InChI is InChI=1S/C25H23F3N2O3/c1-15-22(14-32-21-10-9-17(26)24(27)25(21)28)33-20-8-2-7-19(23(15)20)31-12-4-6-18-16(13-29)5-3-11-30-18/h2-3,5,7-11H,4,6,12-14,29H2,1H3. The molecule has 8 heteroatoms. The second-order valence-electron chi connectivity index (χ2n) is 7.51. The molecule has 2 aromatic heterocycles. The van der Waals surface area contributed by atoms with Crippen molar-refractivity contribution in [2.75, 3.05) is 6.61 Å². The second kappa shape index (κ2) is 9.95. The Bertz CT molecular complexity index is 1270. The number of nitrogens with two attached hydrogens (primary N) is 1. The van der Waals surface area contributed by atoms with Crippen LogP contribution in [0.3, 0.4) is 0 Å². The number of aromatic nitrogens is 1. The fraction of sp³-hybridized carbons (Fsp3) is 0.240. The summed E-state index contributed by atoms with van der Waals surface area (Å²) in [5.41, 5.74) is 9.10. The Morgan fingerprint density at radius 2 is 1.82 bits per heavy atom. The number of nitrogens with zero attached hydrogens (tertiary/aromatic N) is 1. The molecular formula is C25H23F3N2O3. The summed E-state index contributed by atoms with van der Waals surface area (Å²) in [6.07, 6.45) is 3.25. The summed E-state index contributed by atoms with van der Waals surface area (Å²) >= 11 is 0. The number of fused-ring (bicyclic) bond motifs is 1. The van der Waals surface area contributed by atoms with E-state index < -0.39 is 23.2 Å². The molecule has 0 unspecified atom stereocenters. The van der Waals surface area contributed by atoms with Gasteiger partial charge in [0.15, 0.2) is 17.4 Å². The van der Waals surface area contributed by atoms with E-state index in [1.165, 1.54) is 0 Å². The Morgan fingerprint density at radius 1 is 0.970 bits per heavy atom. The molecule has 2 N–H and O–H groups in total. The minimum absolute atomic E-state index is 0.149. The zero-order valence-corrected chi connectivity index (χ0v) is 18.0. The summed E-state index contributed by atoms with van der Waals surface area (Å²) in [6, 6.07) is 11.1. The van der Waals surface area contributed by atoms with Crippen molar-refractivity contribution in [1.29, 1.82) is 0 Å². The normalized spacial score (nSPS) is 11.2. The monoisotopic (exact) mass is 456 g/mol. The van der Waals surface area contributed by atoms with Crippen molar-refractivity contribution in [2.45, 2.75) is 32.9 Å². The lowest BCUT2D eigenvalue weighted by atomic mass is 10.1. The topological polar surface area (TPSA) is 70.5 Å². The molecule has 0 saturated heterocycles. The molecule has 4 rings (SSSR count). The predicted octanol–water partition coefficient (Wildman–Crippen LogP) is 5.60. The van der Waals surface area contributed by atoms with Gasteiger partial charge in [0, 0.05) is 24.0 Å². The van der Waals surface area contributed by atoms with Gasteiger partial charge < -0.3 is 19.6 Å². The van der Waals surface area contributed by atoms with E-state index in [-0.39, 0.29) is 6.61 Å². The molecule has 0 bridgehead atoms. The molecule has 2 heterocycles. The van der Waals surface area contributed by atoms with Crippen LogP contribution in [0.4, 0.5) is 13.2 Å². The first-order valence-corrected chi connectivity index (χ1v) is 10.5. The first-order chi connectivity index (χ1) is 16.0. The number of halogens is 3. The zero-order valence-electron chi connectivity index (χ0n) is 18.0. The summed E-state index contributed by atoms with van der Waals surface area (Å²) in [5, 5.41) is 0.780. The molecule has 0 atom stereocenters. The predicted molar refractivity (Wildman–Crippen MR) is 118 cm³/mol. The van der Waals surface area contributed by atoms with E-state index in [2.05, 4.69) is 4.98 Å². The van der Waals surface area contributed by atoms with Crippen molar-refractivity contribution < 1.29 is 27.1 Å². The maximum absolute atomic E-state index is 13.9. The van der Waals surface area contributed by atoms with Gasteiger partial charge in [-0.1, -0.05) is 12.1 Å². The van der Waals surface area contributed by atoms with Crippen LogP contribution in [0.1, 0.15) is 29.0 Å². The molecule has 0 spiro atoms. The average Bonchev–Trinajstić information content (AvgIpc) is 3.16. The third kappa shape index (κ3) is 4.80. The van der Waals surface area contributed by atoms with E-state index in [0.29, 0.717) is 30.2 Å². The molecule has 0 saturated carbocycles. The van der Waals surface area contributed by atoms with E-state index >= 15 is 0 Å². The average molecular weight is 456 g/mol. The van der Waals surface area contributed by atoms with Crippen LogP contribution >= 0.6 is 0 Å². The van der Waals surface area contributed by atoms with Crippen molar-refractivity contribution in [3.8, 4) is 11.5 Å². The van der Waals surface area contributed by atoms with Crippen molar-refractivity contribution in [3.05, 3.63) is 88.7 Å². The van der Waals surface area contributed by atoms with E-state index in [1.807, 2.05) is 31.2 Å². The molecule has 0 amide bonds. The Balaban J connectivity index is 1.44.